The molecule has 1 aliphatic heterocycles. The van der Waals surface area contributed by atoms with Gasteiger partial charge in [0.15, 0.2) is 0 Å². The van der Waals surface area contributed by atoms with Gasteiger partial charge in [-0.3, -0.25) is 4.79 Å². The minimum atomic E-state index is -0.583. The van der Waals surface area contributed by atoms with Crippen LogP contribution in [0, 0.1) is 13.8 Å². The van der Waals surface area contributed by atoms with E-state index in [9.17, 15) is 4.79 Å². The van der Waals surface area contributed by atoms with Crippen molar-refractivity contribution in [3.63, 3.8) is 0 Å². The number of anilines is 1. The maximum atomic E-state index is 11.7. The zero-order valence-corrected chi connectivity index (χ0v) is 13.3. The maximum Gasteiger partial charge on any atom is 0.323 e. The summed E-state index contributed by atoms with van der Waals surface area (Å²) in [7, 11) is 0. The minimum Gasteiger partial charge on any atom is -0.465 e. The van der Waals surface area contributed by atoms with Gasteiger partial charge in [-0.15, -0.1) is 0 Å². The molecule has 0 saturated carbocycles. The van der Waals surface area contributed by atoms with Crippen LogP contribution < -0.4 is 10.6 Å². The van der Waals surface area contributed by atoms with Crippen LogP contribution in [0.1, 0.15) is 36.5 Å². The fourth-order valence-electron chi connectivity index (χ4n) is 3.00. The molecular weight excluding hydrogens is 264 g/mol. The van der Waals surface area contributed by atoms with Gasteiger partial charge in [-0.25, -0.2) is 0 Å². The van der Waals surface area contributed by atoms with Gasteiger partial charge < -0.3 is 15.4 Å². The van der Waals surface area contributed by atoms with Crippen molar-refractivity contribution in [2.24, 2.45) is 5.73 Å². The number of esters is 1. The molecule has 1 aliphatic rings. The van der Waals surface area contributed by atoms with Crippen LogP contribution in [0.4, 0.5) is 5.69 Å². The number of nitrogens with zero attached hydrogens (tertiary/aromatic N) is 1. The molecule has 1 unspecified atom stereocenters. The molecule has 1 fully saturated rings. The van der Waals surface area contributed by atoms with Crippen molar-refractivity contribution in [3.8, 4) is 0 Å². The second-order valence-electron chi connectivity index (χ2n) is 5.81. The third kappa shape index (κ3) is 3.76. The van der Waals surface area contributed by atoms with E-state index in [0.717, 1.165) is 13.1 Å². The first kappa shape index (κ1) is 15.8. The molecule has 1 saturated heterocycles. The highest BCUT2D eigenvalue weighted by atomic mass is 16.5. The van der Waals surface area contributed by atoms with Crippen molar-refractivity contribution in [1.29, 1.82) is 0 Å². The van der Waals surface area contributed by atoms with Gasteiger partial charge in [0.1, 0.15) is 6.04 Å². The molecule has 1 aromatic carbocycles. The number of carbonyl (C=O) groups excluding carboxylic acids is 1. The van der Waals surface area contributed by atoms with Crippen LogP contribution in [-0.4, -0.2) is 31.7 Å². The third-order valence-electron chi connectivity index (χ3n) is 4.17. The van der Waals surface area contributed by atoms with Crippen LogP contribution in [0.5, 0.6) is 0 Å². The highest BCUT2D eigenvalue weighted by Crippen LogP contribution is 2.26. The van der Waals surface area contributed by atoms with Crippen LogP contribution in [0.2, 0.25) is 0 Å². The lowest BCUT2D eigenvalue weighted by atomic mass is 9.95. The summed E-state index contributed by atoms with van der Waals surface area (Å²) in [6, 6.07) is 3.84. The Hall–Kier alpha value is -1.55. The van der Waals surface area contributed by atoms with Crippen LogP contribution in [0.25, 0.3) is 0 Å². The Morgan fingerprint density at radius 1 is 1.29 bits per heavy atom. The number of rotatable bonds is 5. The molecule has 21 heavy (non-hydrogen) atoms. The Morgan fingerprint density at radius 2 is 1.86 bits per heavy atom. The number of aryl methyl sites for hydroxylation is 2. The zero-order valence-electron chi connectivity index (χ0n) is 13.3. The van der Waals surface area contributed by atoms with E-state index >= 15 is 0 Å². The molecular formula is C17H26N2O2. The lowest BCUT2D eigenvalue weighted by Gasteiger charge is -2.22. The molecule has 0 spiro atoms. The first-order valence-electron chi connectivity index (χ1n) is 7.80. The predicted molar refractivity (Wildman–Crippen MR) is 85.7 cm³/mol. The topological polar surface area (TPSA) is 55.6 Å². The molecule has 0 amide bonds. The van der Waals surface area contributed by atoms with Crippen LogP contribution in [-0.2, 0) is 16.0 Å². The average Bonchev–Trinajstić information content (AvgIpc) is 2.96. The molecule has 0 aromatic heterocycles. The summed E-state index contributed by atoms with van der Waals surface area (Å²) >= 11 is 0. The Balaban J connectivity index is 2.15. The molecule has 1 atom stereocenters. The number of carbonyl (C=O) groups is 1. The second-order valence-corrected chi connectivity index (χ2v) is 5.81. The lowest BCUT2D eigenvalue weighted by Crippen LogP contribution is -2.34. The molecule has 2 rings (SSSR count). The van der Waals surface area contributed by atoms with Gasteiger partial charge in [0.25, 0.3) is 0 Å². The van der Waals surface area contributed by atoms with Gasteiger partial charge >= 0.3 is 5.97 Å². The SMILES string of the molecule is CCOC(=O)C(N)Cc1c(C)cc(N2CCCC2)cc1C. The summed E-state index contributed by atoms with van der Waals surface area (Å²) in [5.74, 6) is -0.320. The maximum absolute atomic E-state index is 11.7. The Kier molecular flexibility index (Phi) is 5.23. The van der Waals surface area contributed by atoms with Gasteiger partial charge in [0.2, 0.25) is 0 Å². The molecule has 1 heterocycles. The van der Waals surface area contributed by atoms with Crippen LogP contribution >= 0.6 is 0 Å². The summed E-state index contributed by atoms with van der Waals surface area (Å²) in [5.41, 5.74) is 10.8. The molecule has 116 valence electrons. The monoisotopic (exact) mass is 290 g/mol. The van der Waals surface area contributed by atoms with E-state index in [0.29, 0.717) is 13.0 Å². The van der Waals surface area contributed by atoms with Gasteiger partial charge in [-0.2, -0.15) is 0 Å². The van der Waals surface area contributed by atoms with Gasteiger partial charge in [-0.05, 0) is 68.9 Å². The Bertz CT molecular complexity index is 485. The smallest absolute Gasteiger partial charge is 0.323 e. The van der Waals surface area contributed by atoms with E-state index in [2.05, 4.69) is 30.9 Å². The van der Waals surface area contributed by atoms with Crippen molar-refractivity contribution >= 4 is 11.7 Å². The van der Waals surface area contributed by atoms with E-state index in [1.165, 1.54) is 35.2 Å². The predicted octanol–water partition coefficient (Wildman–Crippen LogP) is 2.34. The largest absolute Gasteiger partial charge is 0.465 e. The van der Waals surface area contributed by atoms with E-state index < -0.39 is 6.04 Å². The van der Waals surface area contributed by atoms with E-state index in [4.69, 9.17) is 10.5 Å². The fraction of sp³-hybridized carbons (Fsp3) is 0.588. The molecule has 2 N–H and O–H groups in total. The molecule has 4 heteroatoms. The summed E-state index contributed by atoms with van der Waals surface area (Å²) < 4.78 is 4.99. The molecule has 4 nitrogen and oxygen atoms in total. The van der Waals surface area contributed by atoms with Gasteiger partial charge in [0.05, 0.1) is 6.61 Å². The van der Waals surface area contributed by atoms with E-state index in [1.54, 1.807) is 6.92 Å². The van der Waals surface area contributed by atoms with Gasteiger partial charge in [-0.1, -0.05) is 0 Å². The number of hydrogen-bond acceptors (Lipinski definition) is 4. The summed E-state index contributed by atoms with van der Waals surface area (Å²) in [6.07, 6.45) is 3.08. The van der Waals surface area contributed by atoms with Crippen molar-refractivity contribution in [2.75, 3.05) is 24.6 Å². The molecule has 0 bridgehead atoms. The number of nitrogens with two attached hydrogens (primary N) is 1. The number of ether oxygens (including phenoxy) is 1. The normalized spacial score (nSPS) is 16.1. The van der Waals surface area contributed by atoms with Gasteiger partial charge in [0, 0.05) is 18.8 Å². The fourth-order valence-corrected chi connectivity index (χ4v) is 3.00. The summed E-state index contributed by atoms with van der Waals surface area (Å²) in [4.78, 5) is 14.1. The third-order valence-corrected chi connectivity index (χ3v) is 4.17. The second kappa shape index (κ2) is 6.94. The Morgan fingerprint density at radius 3 is 2.38 bits per heavy atom. The standard InChI is InChI=1S/C17H26N2O2/c1-4-21-17(20)16(18)11-15-12(2)9-14(10-13(15)3)19-7-5-6-8-19/h9-10,16H,4-8,11,18H2,1-3H3. The Labute approximate surface area is 127 Å². The highest BCUT2D eigenvalue weighted by molar-refractivity contribution is 5.76. The average molecular weight is 290 g/mol. The minimum absolute atomic E-state index is 0.320. The highest BCUT2D eigenvalue weighted by Gasteiger charge is 2.19. The zero-order chi connectivity index (χ0) is 15.4. The van der Waals surface area contributed by atoms with Crippen molar-refractivity contribution in [1.82, 2.24) is 0 Å². The van der Waals surface area contributed by atoms with Crippen molar-refractivity contribution in [3.05, 3.63) is 28.8 Å². The first-order chi connectivity index (χ1) is 10.0. The number of benzene rings is 1. The summed E-state index contributed by atoms with van der Waals surface area (Å²) in [6.45, 7) is 8.64. The quantitative estimate of drug-likeness (QED) is 0.846. The van der Waals surface area contributed by atoms with E-state index in [-0.39, 0.29) is 5.97 Å². The first-order valence-corrected chi connectivity index (χ1v) is 7.80. The summed E-state index contributed by atoms with van der Waals surface area (Å²) in [5, 5.41) is 0. The molecule has 0 radical (unpaired) electrons. The molecule has 0 aliphatic carbocycles. The van der Waals surface area contributed by atoms with E-state index in [1.807, 2.05) is 0 Å². The van der Waals surface area contributed by atoms with Crippen LogP contribution in [0.15, 0.2) is 12.1 Å². The number of hydrogen-bond donors (Lipinski definition) is 1. The molecule has 1 aromatic rings. The van der Waals surface area contributed by atoms with Crippen LogP contribution in [0.3, 0.4) is 0 Å². The lowest BCUT2D eigenvalue weighted by molar-refractivity contribution is -0.144. The van der Waals surface area contributed by atoms with Crippen molar-refractivity contribution in [2.45, 2.75) is 46.1 Å². The van der Waals surface area contributed by atoms with Crippen molar-refractivity contribution < 1.29 is 9.53 Å².